The van der Waals surface area contributed by atoms with Gasteiger partial charge in [0.2, 0.25) is 0 Å². The quantitative estimate of drug-likeness (QED) is 0.682. The van der Waals surface area contributed by atoms with E-state index in [0.717, 1.165) is 11.1 Å². The van der Waals surface area contributed by atoms with Crippen LogP contribution in [0.4, 0.5) is 0 Å². The lowest BCUT2D eigenvalue weighted by atomic mass is 10.1. The van der Waals surface area contributed by atoms with Crippen molar-refractivity contribution in [2.24, 2.45) is 5.92 Å². The number of aromatic hydroxyl groups is 1. The van der Waals surface area contributed by atoms with Crippen LogP contribution in [0, 0.1) is 5.92 Å². The van der Waals surface area contributed by atoms with Crippen molar-refractivity contribution in [3.05, 3.63) is 29.3 Å². The number of phenolic OH excluding ortho intramolecular Hbond substituents is 1. The molecule has 74 valence electrons. The number of benzene rings is 1. The molecule has 1 unspecified atom stereocenters. The van der Waals surface area contributed by atoms with Crippen molar-refractivity contribution >= 4 is 5.97 Å². The van der Waals surface area contributed by atoms with E-state index >= 15 is 0 Å². The monoisotopic (exact) mass is 192 g/mol. The van der Waals surface area contributed by atoms with Gasteiger partial charge in [-0.05, 0) is 30.0 Å². The normalized spacial score (nSPS) is 19.1. The molecule has 0 spiro atoms. The van der Waals surface area contributed by atoms with Gasteiger partial charge in [0.25, 0.3) is 0 Å². The fourth-order valence-electron chi connectivity index (χ4n) is 1.97. The van der Waals surface area contributed by atoms with Crippen LogP contribution in [0.2, 0.25) is 0 Å². The number of phenols is 1. The van der Waals surface area contributed by atoms with Crippen LogP contribution in [0.1, 0.15) is 11.1 Å². The third-order valence-electron chi connectivity index (χ3n) is 2.70. The molecule has 1 aliphatic carbocycles. The Morgan fingerprint density at radius 1 is 1.50 bits per heavy atom. The molecule has 14 heavy (non-hydrogen) atoms. The van der Waals surface area contributed by atoms with Gasteiger partial charge in [0.15, 0.2) is 0 Å². The maximum atomic E-state index is 11.3. The van der Waals surface area contributed by atoms with Gasteiger partial charge in [0, 0.05) is 0 Å². The Bertz CT molecular complexity index is 371. The zero-order chi connectivity index (χ0) is 10.1. The average molecular weight is 192 g/mol. The number of rotatable bonds is 1. The lowest BCUT2D eigenvalue weighted by Crippen LogP contribution is -2.15. The summed E-state index contributed by atoms with van der Waals surface area (Å²) in [6, 6.07) is 5.39. The molecule has 1 aromatic carbocycles. The van der Waals surface area contributed by atoms with Gasteiger partial charge in [-0.3, -0.25) is 4.79 Å². The summed E-state index contributed by atoms with van der Waals surface area (Å²) < 4.78 is 4.68. The number of hydrogen-bond acceptors (Lipinski definition) is 3. The van der Waals surface area contributed by atoms with Crippen molar-refractivity contribution < 1.29 is 14.6 Å². The van der Waals surface area contributed by atoms with Gasteiger partial charge in [-0.2, -0.15) is 0 Å². The molecule has 3 nitrogen and oxygen atoms in total. The molecule has 0 fully saturated rings. The standard InChI is InChI=1S/C11H12O3/c1-14-11(13)8-5-7-3-2-4-10(12)9(7)6-8/h2-4,8,12H,5-6H2,1H3. The molecule has 0 saturated heterocycles. The first-order valence-corrected chi connectivity index (χ1v) is 4.60. The van der Waals surface area contributed by atoms with Gasteiger partial charge in [-0.1, -0.05) is 12.1 Å². The van der Waals surface area contributed by atoms with Crippen molar-refractivity contribution in [1.29, 1.82) is 0 Å². The first-order chi connectivity index (χ1) is 6.72. The summed E-state index contributed by atoms with van der Waals surface area (Å²) in [5, 5.41) is 9.55. The number of carbonyl (C=O) groups is 1. The van der Waals surface area contributed by atoms with E-state index in [1.807, 2.05) is 6.07 Å². The molecule has 0 aliphatic heterocycles. The Morgan fingerprint density at radius 3 is 2.93 bits per heavy atom. The average Bonchev–Trinajstić information content (AvgIpc) is 2.62. The van der Waals surface area contributed by atoms with Crippen LogP contribution < -0.4 is 0 Å². The molecule has 1 aromatic rings. The third-order valence-corrected chi connectivity index (χ3v) is 2.70. The number of carbonyl (C=O) groups excluding carboxylic acids is 1. The van der Waals surface area contributed by atoms with Crippen LogP contribution in [-0.4, -0.2) is 18.2 Å². The van der Waals surface area contributed by atoms with Gasteiger partial charge in [0.05, 0.1) is 13.0 Å². The summed E-state index contributed by atoms with van der Waals surface area (Å²) >= 11 is 0. The van der Waals surface area contributed by atoms with E-state index in [2.05, 4.69) is 4.74 Å². The van der Waals surface area contributed by atoms with E-state index in [-0.39, 0.29) is 17.6 Å². The number of ether oxygens (including phenoxy) is 1. The van der Waals surface area contributed by atoms with Gasteiger partial charge >= 0.3 is 5.97 Å². The number of fused-ring (bicyclic) bond motifs is 1. The van der Waals surface area contributed by atoms with Crippen molar-refractivity contribution in [2.75, 3.05) is 7.11 Å². The second-order valence-corrected chi connectivity index (χ2v) is 3.54. The summed E-state index contributed by atoms with van der Waals surface area (Å²) in [6.45, 7) is 0. The molecule has 0 heterocycles. The molecular formula is C11H12O3. The Hall–Kier alpha value is -1.51. The van der Waals surface area contributed by atoms with Crippen LogP contribution in [0.15, 0.2) is 18.2 Å². The second-order valence-electron chi connectivity index (χ2n) is 3.54. The zero-order valence-corrected chi connectivity index (χ0v) is 7.99. The molecule has 0 saturated carbocycles. The molecule has 1 N–H and O–H groups in total. The Morgan fingerprint density at radius 2 is 2.29 bits per heavy atom. The summed E-state index contributed by atoms with van der Waals surface area (Å²) in [5.74, 6) is -0.0298. The third kappa shape index (κ3) is 1.35. The minimum absolute atomic E-state index is 0.122. The van der Waals surface area contributed by atoms with Crippen LogP contribution in [0.25, 0.3) is 0 Å². The SMILES string of the molecule is COC(=O)C1Cc2cccc(O)c2C1. The predicted molar refractivity (Wildman–Crippen MR) is 51.0 cm³/mol. The van der Waals surface area contributed by atoms with E-state index in [1.54, 1.807) is 12.1 Å². The van der Waals surface area contributed by atoms with Crippen LogP contribution in [-0.2, 0) is 22.4 Å². The van der Waals surface area contributed by atoms with Gasteiger partial charge < -0.3 is 9.84 Å². The topological polar surface area (TPSA) is 46.5 Å². The lowest BCUT2D eigenvalue weighted by Gasteiger charge is -2.04. The Balaban J connectivity index is 2.26. The van der Waals surface area contributed by atoms with E-state index in [0.29, 0.717) is 12.8 Å². The highest BCUT2D eigenvalue weighted by molar-refractivity contribution is 5.74. The molecule has 1 atom stereocenters. The van der Waals surface area contributed by atoms with Gasteiger partial charge in [0.1, 0.15) is 5.75 Å². The highest BCUT2D eigenvalue weighted by Crippen LogP contribution is 2.33. The fraction of sp³-hybridized carbons (Fsp3) is 0.364. The van der Waals surface area contributed by atoms with E-state index in [4.69, 9.17) is 0 Å². The summed E-state index contributed by atoms with van der Waals surface area (Å²) in [5.41, 5.74) is 1.95. The van der Waals surface area contributed by atoms with Gasteiger partial charge in [-0.15, -0.1) is 0 Å². The second kappa shape index (κ2) is 3.33. The van der Waals surface area contributed by atoms with Crippen molar-refractivity contribution in [3.63, 3.8) is 0 Å². The Kier molecular flexibility index (Phi) is 2.15. The highest BCUT2D eigenvalue weighted by Gasteiger charge is 2.29. The van der Waals surface area contributed by atoms with Crippen LogP contribution >= 0.6 is 0 Å². The minimum atomic E-state index is -0.194. The number of esters is 1. The molecule has 2 rings (SSSR count). The molecule has 0 aromatic heterocycles. The maximum absolute atomic E-state index is 11.3. The molecule has 0 radical (unpaired) electrons. The first kappa shape index (κ1) is 9.06. The predicted octanol–water partition coefficient (Wildman–Crippen LogP) is 1.28. The fourth-order valence-corrected chi connectivity index (χ4v) is 1.97. The van der Waals surface area contributed by atoms with Crippen molar-refractivity contribution in [3.8, 4) is 5.75 Å². The van der Waals surface area contributed by atoms with Crippen LogP contribution in [0.3, 0.4) is 0 Å². The summed E-state index contributed by atoms with van der Waals surface area (Å²) in [4.78, 5) is 11.3. The largest absolute Gasteiger partial charge is 0.508 e. The van der Waals surface area contributed by atoms with E-state index in [1.165, 1.54) is 7.11 Å². The molecular weight excluding hydrogens is 180 g/mol. The first-order valence-electron chi connectivity index (χ1n) is 4.60. The number of methoxy groups -OCH3 is 1. The lowest BCUT2D eigenvalue weighted by molar-refractivity contribution is -0.145. The molecule has 3 heteroatoms. The van der Waals surface area contributed by atoms with Crippen molar-refractivity contribution in [1.82, 2.24) is 0 Å². The molecule has 0 bridgehead atoms. The van der Waals surface area contributed by atoms with Crippen LogP contribution in [0.5, 0.6) is 5.75 Å². The molecule has 1 aliphatic rings. The number of hydrogen-bond donors (Lipinski definition) is 1. The van der Waals surface area contributed by atoms with E-state index in [9.17, 15) is 9.90 Å². The zero-order valence-electron chi connectivity index (χ0n) is 7.99. The summed E-state index contributed by atoms with van der Waals surface area (Å²) in [6.07, 6.45) is 1.27. The minimum Gasteiger partial charge on any atom is -0.508 e. The Labute approximate surface area is 82.3 Å². The highest BCUT2D eigenvalue weighted by atomic mass is 16.5. The van der Waals surface area contributed by atoms with E-state index < -0.39 is 0 Å². The smallest absolute Gasteiger partial charge is 0.309 e. The maximum Gasteiger partial charge on any atom is 0.309 e. The molecule has 0 amide bonds. The summed E-state index contributed by atoms with van der Waals surface area (Å²) in [7, 11) is 1.39. The van der Waals surface area contributed by atoms with Gasteiger partial charge in [-0.25, -0.2) is 0 Å². The van der Waals surface area contributed by atoms with Crippen molar-refractivity contribution in [2.45, 2.75) is 12.8 Å².